The van der Waals surface area contributed by atoms with Gasteiger partial charge in [-0.25, -0.2) is 0 Å². The van der Waals surface area contributed by atoms with Crippen molar-refractivity contribution in [1.29, 1.82) is 0 Å². The molecular formula is C14H21N3O. The summed E-state index contributed by atoms with van der Waals surface area (Å²) in [6.45, 7) is 0. The van der Waals surface area contributed by atoms with Crippen LogP contribution in [0.2, 0.25) is 0 Å². The van der Waals surface area contributed by atoms with E-state index < -0.39 is 5.54 Å². The van der Waals surface area contributed by atoms with Gasteiger partial charge in [0.05, 0.1) is 23.7 Å². The van der Waals surface area contributed by atoms with Gasteiger partial charge in [-0.1, -0.05) is 12.8 Å². The summed E-state index contributed by atoms with van der Waals surface area (Å²) in [5.74, 6) is 0.158. The van der Waals surface area contributed by atoms with Crippen LogP contribution in [-0.4, -0.2) is 21.1 Å². The molecule has 2 aliphatic rings. The van der Waals surface area contributed by atoms with Gasteiger partial charge in [-0.3, -0.25) is 9.48 Å². The molecular weight excluding hydrogens is 226 g/mol. The molecule has 1 aromatic heterocycles. The lowest BCUT2D eigenvalue weighted by molar-refractivity contribution is -0.126. The highest BCUT2D eigenvalue weighted by Gasteiger charge is 2.39. The highest BCUT2D eigenvalue weighted by molar-refractivity contribution is 5.90. The zero-order valence-electron chi connectivity index (χ0n) is 10.8. The largest absolute Gasteiger partial charge is 0.319 e. The van der Waals surface area contributed by atoms with Gasteiger partial charge in [0.25, 0.3) is 0 Å². The topological polar surface area (TPSA) is 60.9 Å². The van der Waals surface area contributed by atoms with E-state index in [1.807, 2.05) is 16.9 Å². The lowest BCUT2D eigenvalue weighted by Crippen LogP contribution is -2.54. The molecule has 0 unspecified atom stereocenters. The lowest BCUT2D eigenvalue weighted by Gasteiger charge is -2.36. The number of carbonyl (C=O) groups is 1. The van der Waals surface area contributed by atoms with Crippen LogP contribution in [0.4, 0.5) is 0 Å². The molecule has 0 atom stereocenters. The number of ketones is 1. The molecule has 0 radical (unpaired) electrons. The zero-order chi connectivity index (χ0) is 12.6. The van der Waals surface area contributed by atoms with E-state index in [2.05, 4.69) is 5.10 Å². The van der Waals surface area contributed by atoms with Crippen molar-refractivity contribution in [2.45, 2.75) is 62.9 Å². The Bertz CT molecular complexity index is 442. The molecule has 2 N–H and O–H groups in total. The van der Waals surface area contributed by atoms with Crippen LogP contribution in [0.1, 0.15) is 56.7 Å². The number of aromatic nitrogens is 2. The van der Waals surface area contributed by atoms with Crippen molar-refractivity contribution in [2.24, 2.45) is 5.73 Å². The van der Waals surface area contributed by atoms with Crippen molar-refractivity contribution in [3.05, 3.63) is 18.0 Å². The Hall–Kier alpha value is -1.16. The molecule has 1 aromatic rings. The summed E-state index contributed by atoms with van der Waals surface area (Å²) in [5.41, 5.74) is 6.37. The number of nitrogens with two attached hydrogens (primary N) is 1. The van der Waals surface area contributed by atoms with Crippen molar-refractivity contribution < 1.29 is 4.79 Å². The molecule has 2 aliphatic carbocycles. The van der Waals surface area contributed by atoms with Crippen molar-refractivity contribution in [1.82, 2.24) is 9.78 Å². The monoisotopic (exact) mass is 247 g/mol. The highest BCUT2D eigenvalue weighted by atomic mass is 16.1. The van der Waals surface area contributed by atoms with Crippen LogP contribution in [0.15, 0.2) is 12.3 Å². The van der Waals surface area contributed by atoms with E-state index in [-0.39, 0.29) is 5.78 Å². The second-order valence-corrected chi connectivity index (χ2v) is 5.84. The quantitative estimate of drug-likeness (QED) is 0.885. The summed E-state index contributed by atoms with van der Waals surface area (Å²) in [7, 11) is 0. The Morgan fingerprint density at radius 2 is 2.11 bits per heavy atom. The number of nitrogens with zero attached hydrogens (tertiary/aromatic N) is 2. The fourth-order valence-electron chi connectivity index (χ4n) is 3.02. The minimum absolute atomic E-state index is 0.158. The molecule has 98 valence electrons. The van der Waals surface area contributed by atoms with Crippen molar-refractivity contribution in [2.75, 3.05) is 0 Å². The predicted octanol–water partition coefficient (Wildman–Crippen LogP) is 1.99. The molecule has 0 amide bonds. The Morgan fingerprint density at radius 1 is 1.39 bits per heavy atom. The zero-order valence-corrected chi connectivity index (χ0v) is 10.8. The van der Waals surface area contributed by atoms with Gasteiger partial charge in [0.2, 0.25) is 0 Å². The number of rotatable bonds is 4. The van der Waals surface area contributed by atoms with Gasteiger partial charge < -0.3 is 5.73 Å². The molecule has 4 nitrogen and oxygen atoms in total. The number of Topliss-reactive ketones (excluding diaryl/α,β-unsaturated/α-hetero) is 1. The first-order chi connectivity index (χ1) is 8.67. The molecule has 18 heavy (non-hydrogen) atoms. The van der Waals surface area contributed by atoms with E-state index >= 15 is 0 Å². The van der Waals surface area contributed by atoms with Gasteiger partial charge in [-0.05, 0) is 38.2 Å². The molecule has 0 aliphatic heterocycles. The van der Waals surface area contributed by atoms with E-state index in [4.69, 9.17) is 5.73 Å². The molecule has 1 heterocycles. The Kier molecular flexibility index (Phi) is 2.98. The van der Waals surface area contributed by atoms with E-state index in [1.54, 1.807) is 0 Å². The van der Waals surface area contributed by atoms with Crippen LogP contribution in [0.5, 0.6) is 0 Å². The first-order valence-electron chi connectivity index (χ1n) is 7.04. The van der Waals surface area contributed by atoms with Crippen LogP contribution in [0.3, 0.4) is 0 Å². The highest BCUT2D eigenvalue weighted by Crippen LogP contribution is 2.31. The van der Waals surface area contributed by atoms with Gasteiger partial charge in [0.1, 0.15) is 0 Å². The normalized spacial score (nSPS) is 22.9. The standard InChI is InChI=1S/C14H21N3O/c15-14(7-3-8-14)13(18)10-11-6-9-17(16-11)12-4-1-2-5-12/h6,9,12H,1-5,7-8,10,15H2. The first kappa shape index (κ1) is 11.9. The minimum atomic E-state index is -0.545. The summed E-state index contributed by atoms with van der Waals surface area (Å²) in [6.07, 6.45) is 10.2. The predicted molar refractivity (Wildman–Crippen MR) is 69.2 cm³/mol. The fourth-order valence-corrected chi connectivity index (χ4v) is 3.02. The molecule has 0 saturated heterocycles. The summed E-state index contributed by atoms with van der Waals surface area (Å²) in [5, 5.41) is 4.54. The van der Waals surface area contributed by atoms with Crippen molar-refractivity contribution >= 4 is 5.78 Å². The molecule has 2 fully saturated rings. The first-order valence-corrected chi connectivity index (χ1v) is 7.04. The fraction of sp³-hybridized carbons (Fsp3) is 0.714. The maximum absolute atomic E-state index is 12.1. The second-order valence-electron chi connectivity index (χ2n) is 5.84. The van der Waals surface area contributed by atoms with Crippen LogP contribution in [0.25, 0.3) is 0 Å². The third kappa shape index (κ3) is 2.09. The Morgan fingerprint density at radius 3 is 2.72 bits per heavy atom. The average molecular weight is 247 g/mol. The molecule has 2 saturated carbocycles. The van der Waals surface area contributed by atoms with Crippen LogP contribution in [0, 0.1) is 0 Å². The average Bonchev–Trinajstić information content (AvgIpc) is 2.94. The molecule has 0 spiro atoms. The van der Waals surface area contributed by atoms with Gasteiger partial charge >= 0.3 is 0 Å². The summed E-state index contributed by atoms with van der Waals surface area (Å²) in [6, 6.07) is 2.52. The van der Waals surface area contributed by atoms with Gasteiger partial charge in [-0.2, -0.15) is 5.10 Å². The third-order valence-electron chi connectivity index (χ3n) is 4.51. The maximum Gasteiger partial charge on any atom is 0.158 e. The number of hydrogen-bond acceptors (Lipinski definition) is 3. The molecule has 0 aromatic carbocycles. The van der Waals surface area contributed by atoms with Gasteiger partial charge in [0, 0.05) is 6.20 Å². The second kappa shape index (κ2) is 4.50. The SMILES string of the molecule is NC1(C(=O)Cc2ccn(C3CCCC3)n2)CCC1. The smallest absolute Gasteiger partial charge is 0.158 e. The van der Waals surface area contributed by atoms with E-state index in [0.29, 0.717) is 12.5 Å². The van der Waals surface area contributed by atoms with Gasteiger partial charge in [0.15, 0.2) is 5.78 Å². The maximum atomic E-state index is 12.1. The van der Waals surface area contributed by atoms with Crippen molar-refractivity contribution in [3.8, 4) is 0 Å². The van der Waals surface area contributed by atoms with Crippen LogP contribution >= 0.6 is 0 Å². The Balaban J connectivity index is 1.64. The lowest BCUT2D eigenvalue weighted by atomic mass is 9.73. The summed E-state index contributed by atoms with van der Waals surface area (Å²) in [4.78, 5) is 12.1. The number of hydrogen-bond donors (Lipinski definition) is 1. The van der Waals surface area contributed by atoms with E-state index in [0.717, 1.165) is 25.0 Å². The molecule has 3 rings (SSSR count). The molecule has 0 bridgehead atoms. The van der Waals surface area contributed by atoms with E-state index in [1.165, 1.54) is 25.7 Å². The number of carbonyl (C=O) groups excluding carboxylic acids is 1. The molecule has 4 heteroatoms. The minimum Gasteiger partial charge on any atom is -0.319 e. The van der Waals surface area contributed by atoms with Crippen LogP contribution < -0.4 is 5.73 Å². The van der Waals surface area contributed by atoms with Crippen molar-refractivity contribution in [3.63, 3.8) is 0 Å². The summed E-state index contributed by atoms with van der Waals surface area (Å²) < 4.78 is 2.04. The Labute approximate surface area is 108 Å². The van der Waals surface area contributed by atoms with Gasteiger partial charge in [-0.15, -0.1) is 0 Å². The summed E-state index contributed by atoms with van der Waals surface area (Å²) >= 11 is 0. The third-order valence-corrected chi connectivity index (χ3v) is 4.51. The van der Waals surface area contributed by atoms with Crippen LogP contribution in [-0.2, 0) is 11.2 Å². The van der Waals surface area contributed by atoms with E-state index in [9.17, 15) is 4.79 Å².